The summed E-state index contributed by atoms with van der Waals surface area (Å²) in [6.45, 7) is 3.55. The Morgan fingerprint density at radius 2 is 1.87 bits per heavy atom. The number of aliphatic carboxylic acids is 1. The maximum atomic E-state index is 10.6. The van der Waals surface area contributed by atoms with Crippen LogP contribution < -0.4 is 0 Å². The molecule has 1 rings (SSSR count). The van der Waals surface area contributed by atoms with Crippen molar-refractivity contribution >= 4 is 5.97 Å². The second-order valence-electron chi connectivity index (χ2n) is 3.33. The number of carboxylic acid groups (broad SMARTS) is 1. The van der Waals surface area contributed by atoms with Crippen molar-refractivity contribution in [1.82, 2.24) is 0 Å². The summed E-state index contributed by atoms with van der Waals surface area (Å²) >= 11 is 0. The molecule has 2 N–H and O–H groups in total. The average molecular weight is 206 g/mol. The molecule has 0 aliphatic carbocycles. The molecule has 80 valence electrons. The summed E-state index contributed by atoms with van der Waals surface area (Å²) in [4.78, 5) is 10.6. The normalized spacial score (nSPS) is 9.93. The van der Waals surface area contributed by atoms with Crippen LogP contribution in [0.15, 0.2) is 36.4 Å². The highest BCUT2D eigenvalue weighted by molar-refractivity contribution is 5.86. The molecule has 0 saturated carbocycles. The largest absolute Gasteiger partial charge is 0.478 e. The monoisotopic (exact) mass is 206 g/mol. The third-order valence-electron chi connectivity index (χ3n) is 2.21. The van der Waals surface area contributed by atoms with Crippen molar-refractivity contribution in [2.75, 3.05) is 6.61 Å². The summed E-state index contributed by atoms with van der Waals surface area (Å²) in [5, 5.41) is 17.6. The van der Waals surface area contributed by atoms with Gasteiger partial charge in [0.15, 0.2) is 0 Å². The van der Waals surface area contributed by atoms with Crippen molar-refractivity contribution in [1.29, 1.82) is 0 Å². The van der Waals surface area contributed by atoms with E-state index in [4.69, 9.17) is 10.2 Å². The first kappa shape index (κ1) is 11.5. The Labute approximate surface area is 88.7 Å². The van der Waals surface area contributed by atoms with Gasteiger partial charge in [-0.25, -0.2) is 4.79 Å². The van der Waals surface area contributed by atoms with Gasteiger partial charge in [-0.05, 0) is 17.5 Å². The fourth-order valence-corrected chi connectivity index (χ4v) is 1.40. The molecule has 0 fully saturated rings. The van der Waals surface area contributed by atoms with Gasteiger partial charge in [0.25, 0.3) is 0 Å². The van der Waals surface area contributed by atoms with E-state index in [9.17, 15) is 4.79 Å². The predicted molar refractivity (Wildman–Crippen MR) is 57.7 cm³/mol. The first-order valence-electron chi connectivity index (χ1n) is 4.74. The number of hydrogen-bond donors (Lipinski definition) is 2. The molecule has 0 aliphatic heterocycles. The highest BCUT2D eigenvalue weighted by Crippen LogP contribution is 2.13. The third kappa shape index (κ3) is 3.22. The second-order valence-corrected chi connectivity index (χ2v) is 3.33. The van der Waals surface area contributed by atoms with Crippen LogP contribution in [0.4, 0.5) is 0 Å². The minimum absolute atomic E-state index is 0.0660. The number of carboxylic acids is 1. The molecule has 0 saturated heterocycles. The minimum atomic E-state index is -0.978. The molecule has 1 aromatic carbocycles. The Morgan fingerprint density at radius 1 is 1.27 bits per heavy atom. The van der Waals surface area contributed by atoms with E-state index in [0.717, 1.165) is 11.1 Å². The number of aliphatic hydroxyl groups is 1. The predicted octanol–water partition coefficient (Wildman–Crippen LogP) is 1.40. The molecule has 3 nitrogen and oxygen atoms in total. The lowest BCUT2D eigenvalue weighted by Gasteiger charge is -2.07. The van der Waals surface area contributed by atoms with Gasteiger partial charge in [-0.3, -0.25) is 0 Å². The summed E-state index contributed by atoms with van der Waals surface area (Å²) in [6, 6.07) is 7.48. The molecule has 0 heterocycles. The van der Waals surface area contributed by atoms with Crippen LogP contribution in [0.5, 0.6) is 0 Å². The van der Waals surface area contributed by atoms with Crippen LogP contribution in [0.25, 0.3) is 0 Å². The highest BCUT2D eigenvalue weighted by atomic mass is 16.4. The molecule has 0 atom stereocenters. The quantitative estimate of drug-likeness (QED) is 0.716. The fourth-order valence-electron chi connectivity index (χ4n) is 1.40. The van der Waals surface area contributed by atoms with Crippen LogP contribution in [0.3, 0.4) is 0 Å². The molecule has 0 aliphatic rings. The Kier molecular flexibility index (Phi) is 4.06. The average Bonchev–Trinajstić information content (AvgIpc) is 2.21. The zero-order valence-electron chi connectivity index (χ0n) is 8.44. The van der Waals surface area contributed by atoms with Gasteiger partial charge < -0.3 is 10.2 Å². The van der Waals surface area contributed by atoms with Crippen molar-refractivity contribution in [3.8, 4) is 0 Å². The molecule has 0 aromatic heterocycles. The van der Waals surface area contributed by atoms with Crippen LogP contribution in [0.2, 0.25) is 0 Å². The Hall–Kier alpha value is -1.61. The van der Waals surface area contributed by atoms with E-state index in [1.54, 1.807) is 0 Å². The number of carbonyl (C=O) groups is 1. The van der Waals surface area contributed by atoms with Crippen molar-refractivity contribution in [3.63, 3.8) is 0 Å². The van der Waals surface area contributed by atoms with Crippen molar-refractivity contribution < 1.29 is 15.0 Å². The molecule has 0 unspecified atom stereocenters. The van der Waals surface area contributed by atoms with Gasteiger partial charge in [0, 0.05) is 18.6 Å². The number of benzene rings is 1. The molecule has 15 heavy (non-hydrogen) atoms. The minimum Gasteiger partial charge on any atom is -0.478 e. The van der Waals surface area contributed by atoms with Crippen LogP contribution in [0.1, 0.15) is 11.1 Å². The van der Waals surface area contributed by atoms with Crippen molar-refractivity contribution in [2.45, 2.75) is 12.8 Å². The van der Waals surface area contributed by atoms with E-state index in [1.165, 1.54) is 0 Å². The molecular formula is C12H14O3. The number of aliphatic hydroxyl groups excluding tert-OH is 1. The summed E-state index contributed by atoms with van der Waals surface area (Å²) in [7, 11) is 0. The summed E-state index contributed by atoms with van der Waals surface area (Å²) in [6.07, 6.45) is 0.870. The molecule has 3 heteroatoms. The Balaban J connectivity index is 2.84. The molecule has 0 spiro atoms. The van der Waals surface area contributed by atoms with Crippen LogP contribution in [0, 0.1) is 0 Å². The van der Waals surface area contributed by atoms with Gasteiger partial charge in [-0.1, -0.05) is 30.8 Å². The van der Waals surface area contributed by atoms with E-state index < -0.39 is 5.97 Å². The SMILES string of the molecule is C=C(Cc1ccccc1CCO)C(=O)O. The Bertz CT molecular complexity index is 369. The van der Waals surface area contributed by atoms with Crippen molar-refractivity contribution in [3.05, 3.63) is 47.5 Å². The van der Waals surface area contributed by atoms with Crippen LogP contribution >= 0.6 is 0 Å². The lowest BCUT2D eigenvalue weighted by molar-refractivity contribution is -0.132. The smallest absolute Gasteiger partial charge is 0.331 e. The van der Waals surface area contributed by atoms with Gasteiger partial charge in [0.1, 0.15) is 0 Å². The van der Waals surface area contributed by atoms with Gasteiger partial charge in [0.2, 0.25) is 0 Å². The van der Waals surface area contributed by atoms with E-state index in [0.29, 0.717) is 12.8 Å². The third-order valence-corrected chi connectivity index (χ3v) is 2.21. The zero-order valence-corrected chi connectivity index (χ0v) is 8.44. The molecule has 0 amide bonds. The van der Waals surface area contributed by atoms with E-state index in [-0.39, 0.29) is 12.2 Å². The van der Waals surface area contributed by atoms with Crippen LogP contribution in [-0.2, 0) is 17.6 Å². The zero-order chi connectivity index (χ0) is 11.3. The Morgan fingerprint density at radius 3 is 2.40 bits per heavy atom. The van der Waals surface area contributed by atoms with Gasteiger partial charge in [0.05, 0.1) is 0 Å². The maximum Gasteiger partial charge on any atom is 0.331 e. The number of hydrogen-bond acceptors (Lipinski definition) is 2. The molecular weight excluding hydrogens is 192 g/mol. The molecule has 1 aromatic rings. The summed E-state index contributed by atoms with van der Waals surface area (Å²) in [5.74, 6) is -0.978. The van der Waals surface area contributed by atoms with Crippen LogP contribution in [-0.4, -0.2) is 22.8 Å². The summed E-state index contributed by atoms with van der Waals surface area (Å²) in [5.41, 5.74) is 2.06. The van der Waals surface area contributed by atoms with E-state index in [1.807, 2.05) is 24.3 Å². The first-order chi connectivity index (χ1) is 7.15. The van der Waals surface area contributed by atoms with Gasteiger partial charge >= 0.3 is 5.97 Å². The fraction of sp³-hybridized carbons (Fsp3) is 0.250. The van der Waals surface area contributed by atoms with Crippen molar-refractivity contribution in [2.24, 2.45) is 0 Å². The lowest BCUT2D eigenvalue weighted by atomic mass is 9.99. The maximum absolute atomic E-state index is 10.6. The highest BCUT2D eigenvalue weighted by Gasteiger charge is 2.07. The topological polar surface area (TPSA) is 57.5 Å². The summed E-state index contributed by atoms with van der Waals surface area (Å²) < 4.78 is 0. The van der Waals surface area contributed by atoms with E-state index in [2.05, 4.69) is 6.58 Å². The first-order valence-corrected chi connectivity index (χ1v) is 4.74. The number of rotatable bonds is 5. The van der Waals surface area contributed by atoms with Gasteiger partial charge in [-0.2, -0.15) is 0 Å². The second kappa shape index (κ2) is 5.32. The lowest BCUT2D eigenvalue weighted by Crippen LogP contribution is -2.05. The van der Waals surface area contributed by atoms with Gasteiger partial charge in [-0.15, -0.1) is 0 Å². The molecule has 0 radical (unpaired) electrons. The molecule has 0 bridgehead atoms. The van der Waals surface area contributed by atoms with E-state index >= 15 is 0 Å². The standard InChI is InChI=1S/C12H14O3/c1-9(12(14)15)8-11-5-3-2-4-10(11)6-7-13/h2-5,13H,1,6-8H2,(H,14,15).